The Kier molecular flexibility index (Phi) is 4.11. The van der Waals surface area contributed by atoms with E-state index < -0.39 is 11.9 Å². The summed E-state index contributed by atoms with van der Waals surface area (Å²) >= 11 is 0. The van der Waals surface area contributed by atoms with Crippen LogP contribution in [0.15, 0.2) is 4.42 Å². The van der Waals surface area contributed by atoms with Gasteiger partial charge in [0.05, 0.1) is 5.69 Å². The fraction of sp³-hybridized carbons (Fsp3) is 0.643. The van der Waals surface area contributed by atoms with Crippen molar-refractivity contribution in [3.05, 3.63) is 17.3 Å². The first-order valence-electron chi connectivity index (χ1n) is 6.96. The zero-order chi connectivity index (χ0) is 14.9. The Bertz CT molecular complexity index is 522. The number of nitrogens with two attached hydrogens (primary N) is 1. The van der Waals surface area contributed by atoms with E-state index in [2.05, 4.69) is 18.8 Å². The van der Waals surface area contributed by atoms with Gasteiger partial charge in [0, 0.05) is 13.0 Å². The zero-order valence-electron chi connectivity index (χ0n) is 12.2. The third-order valence-electron chi connectivity index (χ3n) is 3.46. The minimum absolute atomic E-state index is 0.230. The van der Waals surface area contributed by atoms with Crippen molar-refractivity contribution < 1.29 is 14.0 Å². The van der Waals surface area contributed by atoms with Crippen molar-refractivity contribution in [3.8, 4) is 0 Å². The molecule has 6 heteroatoms. The van der Waals surface area contributed by atoms with Gasteiger partial charge in [-0.2, -0.15) is 0 Å². The summed E-state index contributed by atoms with van der Waals surface area (Å²) in [5, 5.41) is 0. The second kappa shape index (κ2) is 5.64. The third-order valence-corrected chi connectivity index (χ3v) is 3.46. The summed E-state index contributed by atoms with van der Waals surface area (Å²) in [5.41, 5.74) is 5.90. The maximum Gasteiger partial charge on any atom is 0.292 e. The van der Waals surface area contributed by atoms with E-state index in [1.807, 2.05) is 0 Å². The van der Waals surface area contributed by atoms with Crippen molar-refractivity contribution in [1.29, 1.82) is 0 Å². The van der Waals surface area contributed by atoms with Crippen LogP contribution >= 0.6 is 0 Å². The molecule has 1 aromatic rings. The van der Waals surface area contributed by atoms with Crippen LogP contribution in [-0.2, 0) is 11.2 Å². The summed E-state index contributed by atoms with van der Waals surface area (Å²) in [4.78, 5) is 29.6. The van der Waals surface area contributed by atoms with Crippen molar-refractivity contribution in [2.45, 2.75) is 46.1 Å². The van der Waals surface area contributed by atoms with Crippen LogP contribution in [0, 0.1) is 12.8 Å². The summed E-state index contributed by atoms with van der Waals surface area (Å²) < 4.78 is 5.57. The molecule has 0 radical (unpaired) electrons. The average molecular weight is 279 g/mol. The number of aromatic nitrogens is 1. The first kappa shape index (κ1) is 14.6. The van der Waals surface area contributed by atoms with Gasteiger partial charge in [-0.05, 0) is 25.7 Å². The smallest absolute Gasteiger partial charge is 0.292 e. The van der Waals surface area contributed by atoms with Gasteiger partial charge in [0.15, 0.2) is 5.89 Å². The quantitative estimate of drug-likeness (QED) is 0.898. The van der Waals surface area contributed by atoms with E-state index in [0.29, 0.717) is 36.9 Å². The molecule has 0 spiro atoms. The predicted octanol–water partition coefficient (Wildman–Crippen LogP) is 1.27. The van der Waals surface area contributed by atoms with Crippen LogP contribution in [0.25, 0.3) is 0 Å². The molecule has 2 N–H and O–H groups in total. The number of oxazole rings is 1. The second-order valence-corrected chi connectivity index (χ2v) is 5.68. The van der Waals surface area contributed by atoms with Crippen molar-refractivity contribution in [2.24, 2.45) is 11.7 Å². The van der Waals surface area contributed by atoms with Gasteiger partial charge in [0.2, 0.25) is 11.7 Å². The normalized spacial score (nSPS) is 18.8. The lowest BCUT2D eigenvalue weighted by Crippen LogP contribution is -2.43. The Morgan fingerprint density at radius 1 is 1.50 bits per heavy atom. The molecule has 0 aliphatic carbocycles. The molecular weight excluding hydrogens is 258 g/mol. The molecule has 2 rings (SSSR count). The zero-order valence-corrected chi connectivity index (χ0v) is 12.2. The van der Waals surface area contributed by atoms with E-state index in [-0.39, 0.29) is 11.7 Å². The highest BCUT2D eigenvalue weighted by atomic mass is 16.4. The van der Waals surface area contributed by atoms with E-state index in [9.17, 15) is 9.59 Å². The topological polar surface area (TPSA) is 89.4 Å². The molecule has 6 nitrogen and oxygen atoms in total. The summed E-state index contributed by atoms with van der Waals surface area (Å²) in [5.74, 6) is 0.451. The minimum atomic E-state index is -0.527. The number of nitrogens with zero attached hydrogens (tertiary/aromatic N) is 2. The van der Waals surface area contributed by atoms with Crippen LogP contribution in [0.4, 0.5) is 0 Å². The molecular formula is C14H21N3O3. The average Bonchev–Trinajstić information content (AvgIpc) is 2.94. The summed E-state index contributed by atoms with van der Waals surface area (Å²) in [7, 11) is 0. The standard InChI is InChI=1S/C14H21N3O3/c1-8(2)7-11-16-9(3)12(20-11)14(19)17-6-4-5-10(17)13(15)18/h8,10H,4-7H2,1-3H3,(H2,15,18)/t10-/m0/s1. The Labute approximate surface area is 118 Å². The van der Waals surface area contributed by atoms with Gasteiger partial charge in [-0.15, -0.1) is 0 Å². The Hall–Kier alpha value is -1.85. The van der Waals surface area contributed by atoms with Crippen molar-refractivity contribution in [3.63, 3.8) is 0 Å². The maximum atomic E-state index is 12.5. The lowest BCUT2D eigenvalue weighted by Gasteiger charge is -2.20. The van der Waals surface area contributed by atoms with Gasteiger partial charge in [-0.25, -0.2) is 4.98 Å². The molecule has 0 bridgehead atoms. The van der Waals surface area contributed by atoms with Crippen LogP contribution in [0.2, 0.25) is 0 Å². The van der Waals surface area contributed by atoms with Gasteiger partial charge in [0.25, 0.3) is 5.91 Å². The molecule has 1 aromatic heterocycles. The van der Waals surface area contributed by atoms with Gasteiger partial charge in [0.1, 0.15) is 6.04 Å². The van der Waals surface area contributed by atoms with Crippen molar-refractivity contribution >= 4 is 11.8 Å². The first-order valence-corrected chi connectivity index (χ1v) is 6.96. The molecule has 0 aromatic carbocycles. The van der Waals surface area contributed by atoms with Crippen LogP contribution < -0.4 is 5.73 Å². The van der Waals surface area contributed by atoms with Crippen LogP contribution in [-0.4, -0.2) is 34.3 Å². The molecule has 0 unspecified atom stereocenters. The molecule has 1 atom stereocenters. The summed E-state index contributed by atoms with van der Waals surface area (Å²) in [6, 6.07) is -0.527. The predicted molar refractivity (Wildman–Crippen MR) is 73.0 cm³/mol. The molecule has 1 aliphatic heterocycles. The number of aryl methyl sites for hydroxylation is 1. The minimum Gasteiger partial charge on any atom is -0.435 e. The van der Waals surface area contributed by atoms with Gasteiger partial charge in [-0.3, -0.25) is 9.59 Å². The molecule has 110 valence electrons. The highest BCUT2D eigenvalue weighted by Crippen LogP contribution is 2.22. The molecule has 2 amide bonds. The van der Waals surface area contributed by atoms with E-state index >= 15 is 0 Å². The number of likely N-dealkylation sites (tertiary alicyclic amines) is 1. The van der Waals surface area contributed by atoms with E-state index in [1.165, 1.54) is 4.90 Å². The molecule has 2 heterocycles. The number of carbonyl (C=O) groups excluding carboxylic acids is 2. The lowest BCUT2D eigenvalue weighted by atomic mass is 10.1. The van der Waals surface area contributed by atoms with Gasteiger partial charge in [-0.1, -0.05) is 13.8 Å². The first-order chi connectivity index (χ1) is 9.40. The van der Waals surface area contributed by atoms with Gasteiger partial charge < -0.3 is 15.1 Å². The lowest BCUT2D eigenvalue weighted by molar-refractivity contribution is -0.121. The highest BCUT2D eigenvalue weighted by molar-refractivity contribution is 5.96. The monoisotopic (exact) mass is 279 g/mol. The number of hydrogen-bond donors (Lipinski definition) is 1. The van der Waals surface area contributed by atoms with Crippen LogP contribution in [0.1, 0.15) is 48.8 Å². The Morgan fingerprint density at radius 2 is 2.20 bits per heavy atom. The fourth-order valence-electron chi connectivity index (χ4n) is 2.52. The Morgan fingerprint density at radius 3 is 2.80 bits per heavy atom. The highest BCUT2D eigenvalue weighted by Gasteiger charge is 2.35. The van der Waals surface area contributed by atoms with Crippen LogP contribution in [0.5, 0.6) is 0 Å². The summed E-state index contributed by atoms with van der Waals surface area (Å²) in [6.45, 7) is 6.40. The number of carbonyl (C=O) groups is 2. The number of rotatable bonds is 4. The van der Waals surface area contributed by atoms with Crippen LogP contribution in [0.3, 0.4) is 0 Å². The molecule has 0 saturated carbocycles. The number of amides is 2. The fourth-order valence-corrected chi connectivity index (χ4v) is 2.52. The largest absolute Gasteiger partial charge is 0.435 e. The maximum absolute atomic E-state index is 12.5. The third kappa shape index (κ3) is 2.84. The number of primary amides is 1. The second-order valence-electron chi connectivity index (χ2n) is 5.68. The van der Waals surface area contributed by atoms with Gasteiger partial charge >= 0.3 is 0 Å². The molecule has 20 heavy (non-hydrogen) atoms. The van der Waals surface area contributed by atoms with Crippen molar-refractivity contribution in [1.82, 2.24) is 9.88 Å². The van der Waals surface area contributed by atoms with Crippen molar-refractivity contribution in [2.75, 3.05) is 6.54 Å². The molecule has 1 fully saturated rings. The molecule has 1 saturated heterocycles. The Balaban J connectivity index is 2.20. The SMILES string of the molecule is Cc1nc(CC(C)C)oc1C(=O)N1CCC[C@H]1C(N)=O. The van der Waals surface area contributed by atoms with E-state index in [1.54, 1.807) is 6.92 Å². The molecule has 1 aliphatic rings. The number of hydrogen-bond acceptors (Lipinski definition) is 4. The van der Waals surface area contributed by atoms with E-state index in [4.69, 9.17) is 10.2 Å². The summed E-state index contributed by atoms with van der Waals surface area (Å²) in [6.07, 6.45) is 2.09. The van der Waals surface area contributed by atoms with E-state index in [0.717, 1.165) is 6.42 Å².